The van der Waals surface area contributed by atoms with Gasteiger partial charge in [-0.2, -0.15) is 0 Å². The van der Waals surface area contributed by atoms with E-state index >= 15 is 0 Å². The van der Waals surface area contributed by atoms with Crippen LogP contribution in [0.5, 0.6) is 11.5 Å². The van der Waals surface area contributed by atoms with Gasteiger partial charge in [0.05, 0.1) is 11.3 Å². The van der Waals surface area contributed by atoms with Gasteiger partial charge in [-0.25, -0.2) is 0 Å². The van der Waals surface area contributed by atoms with Gasteiger partial charge in [0.1, 0.15) is 24.7 Å². The third kappa shape index (κ3) is 4.74. The van der Waals surface area contributed by atoms with Crippen LogP contribution in [0.2, 0.25) is 0 Å². The highest BCUT2D eigenvalue weighted by Crippen LogP contribution is 2.33. The van der Waals surface area contributed by atoms with Crippen LogP contribution in [0.15, 0.2) is 33.0 Å². The van der Waals surface area contributed by atoms with E-state index in [4.69, 9.17) is 13.9 Å². The average Bonchev–Trinajstić information content (AvgIpc) is 3.31. The molecule has 4 rings (SSSR count). The Hall–Kier alpha value is -3.05. The fraction of sp³-hybridized carbons (Fsp3) is 0.263. The van der Waals surface area contributed by atoms with Gasteiger partial charge >= 0.3 is 0 Å². The molecule has 0 atom stereocenters. The molecule has 11 heteroatoms. The van der Waals surface area contributed by atoms with E-state index in [9.17, 15) is 9.59 Å². The SMILES string of the molecule is Cc1cc(C(=O)Nc2nnc(SCC(=O)Nc3ccc4c(c3)OCCO4)s2)c(C)o1. The van der Waals surface area contributed by atoms with E-state index in [1.54, 1.807) is 38.1 Å². The van der Waals surface area contributed by atoms with E-state index in [0.717, 1.165) is 0 Å². The van der Waals surface area contributed by atoms with Crippen LogP contribution in [0.1, 0.15) is 21.9 Å². The van der Waals surface area contributed by atoms with Crippen LogP contribution in [0.3, 0.4) is 0 Å². The van der Waals surface area contributed by atoms with Crippen molar-refractivity contribution in [2.24, 2.45) is 0 Å². The summed E-state index contributed by atoms with van der Waals surface area (Å²) in [6.07, 6.45) is 0. The molecule has 0 radical (unpaired) electrons. The molecule has 0 aliphatic carbocycles. The van der Waals surface area contributed by atoms with Crippen LogP contribution < -0.4 is 20.1 Å². The van der Waals surface area contributed by atoms with E-state index in [0.29, 0.717) is 57.0 Å². The minimum atomic E-state index is -0.312. The van der Waals surface area contributed by atoms with Gasteiger partial charge in [-0.05, 0) is 32.0 Å². The number of nitrogens with one attached hydrogen (secondary N) is 2. The second-order valence-corrected chi connectivity index (χ2v) is 8.55. The Kier molecular flexibility index (Phi) is 5.91. The molecule has 2 N–H and O–H groups in total. The quantitative estimate of drug-likeness (QED) is 0.437. The van der Waals surface area contributed by atoms with Gasteiger partial charge in [0.15, 0.2) is 15.8 Å². The third-order valence-electron chi connectivity index (χ3n) is 4.07. The first kappa shape index (κ1) is 20.2. The Morgan fingerprint density at radius 3 is 2.67 bits per heavy atom. The lowest BCUT2D eigenvalue weighted by atomic mass is 10.2. The lowest BCUT2D eigenvalue weighted by Gasteiger charge is -2.18. The fourth-order valence-corrected chi connectivity index (χ4v) is 4.33. The summed E-state index contributed by atoms with van der Waals surface area (Å²) in [6.45, 7) is 4.50. The number of benzene rings is 1. The highest BCUT2D eigenvalue weighted by atomic mass is 32.2. The summed E-state index contributed by atoms with van der Waals surface area (Å²) in [4.78, 5) is 24.5. The fourth-order valence-electron chi connectivity index (χ4n) is 2.78. The van der Waals surface area contributed by atoms with Gasteiger partial charge in [-0.1, -0.05) is 23.1 Å². The number of amides is 2. The molecule has 0 spiro atoms. The van der Waals surface area contributed by atoms with E-state index in [-0.39, 0.29) is 17.6 Å². The van der Waals surface area contributed by atoms with Crippen LogP contribution in [-0.2, 0) is 4.79 Å². The molecular formula is C19H18N4O5S2. The molecule has 0 saturated carbocycles. The van der Waals surface area contributed by atoms with E-state index < -0.39 is 0 Å². The number of thioether (sulfide) groups is 1. The molecule has 156 valence electrons. The van der Waals surface area contributed by atoms with Crippen LogP contribution >= 0.6 is 23.1 Å². The predicted molar refractivity (Wildman–Crippen MR) is 113 cm³/mol. The molecule has 30 heavy (non-hydrogen) atoms. The zero-order valence-electron chi connectivity index (χ0n) is 16.2. The smallest absolute Gasteiger partial charge is 0.261 e. The highest BCUT2D eigenvalue weighted by molar-refractivity contribution is 8.01. The number of furan rings is 1. The standard InChI is InChI=1S/C19H18N4O5S2/c1-10-7-13(11(2)28-10)17(25)21-18-22-23-19(30-18)29-9-16(24)20-12-3-4-14-15(8-12)27-6-5-26-14/h3-4,7-8H,5-6,9H2,1-2H3,(H,20,24)(H,21,22,25). The molecule has 1 aliphatic heterocycles. The Morgan fingerprint density at radius 2 is 1.90 bits per heavy atom. The average molecular weight is 447 g/mol. The molecule has 2 aromatic heterocycles. The number of anilines is 2. The highest BCUT2D eigenvalue weighted by Gasteiger charge is 2.17. The van der Waals surface area contributed by atoms with Gasteiger partial charge < -0.3 is 19.2 Å². The Bertz CT molecular complexity index is 1090. The maximum atomic E-state index is 12.3. The minimum absolute atomic E-state index is 0.150. The molecule has 3 heterocycles. The Balaban J connectivity index is 1.29. The number of hydrogen-bond acceptors (Lipinski definition) is 9. The van der Waals surface area contributed by atoms with Gasteiger partial charge in [0.2, 0.25) is 11.0 Å². The van der Waals surface area contributed by atoms with Crippen LogP contribution in [-0.4, -0.2) is 41.0 Å². The zero-order valence-corrected chi connectivity index (χ0v) is 17.8. The number of rotatable bonds is 6. The molecule has 0 unspecified atom stereocenters. The van der Waals surface area contributed by atoms with Crippen LogP contribution in [0.25, 0.3) is 0 Å². The van der Waals surface area contributed by atoms with E-state index in [1.165, 1.54) is 23.1 Å². The van der Waals surface area contributed by atoms with Crippen molar-refractivity contribution in [3.63, 3.8) is 0 Å². The largest absolute Gasteiger partial charge is 0.486 e. The summed E-state index contributed by atoms with van der Waals surface area (Å²) >= 11 is 2.43. The van der Waals surface area contributed by atoms with E-state index in [1.807, 2.05) is 0 Å². The first-order valence-corrected chi connectivity index (χ1v) is 10.8. The monoisotopic (exact) mass is 446 g/mol. The van der Waals surface area contributed by atoms with Crippen molar-refractivity contribution in [3.8, 4) is 11.5 Å². The van der Waals surface area contributed by atoms with Crippen molar-refractivity contribution in [3.05, 3.63) is 41.3 Å². The third-order valence-corrected chi connectivity index (χ3v) is 6.04. The summed E-state index contributed by atoms with van der Waals surface area (Å²) in [6, 6.07) is 6.92. The summed E-state index contributed by atoms with van der Waals surface area (Å²) in [5.74, 6) is 2.12. The Labute approximate surface area is 180 Å². The number of nitrogens with zero attached hydrogens (tertiary/aromatic N) is 2. The summed E-state index contributed by atoms with van der Waals surface area (Å²) in [7, 11) is 0. The van der Waals surface area contributed by atoms with Gasteiger partial charge in [0, 0.05) is 11.8 Å². The summed E-state index contributed by atoms with van der Waals surface area (Å²) < 4.78 is 16.9. The number of carbonyl (C=O) groups excluding carboxylic acids is 2. The summed E-state index contributed by atoms with van der Waals surface area (Å²) in [5, 5.41) is 13.8. The molecule has 0 saturated heterocycles. The maximum Gasteiger partial charge on any atom is 0.261 e. The second-order valence-electron chi connectivity index (χ2n) is 6.35. The van der Waals surface area contributed by atoms with Crippen molar-refractivity contribution >= 4 is 45.7 Å². The van der Waals surface area contributed by atoms with Crippen molar-refractivity contribution in [1.82, 2.24) is 10.2 Å². The number of carbonyl (C=O) groups is 2. The first-order valence-electron chi connectivity index (χ1n) is 9.02. The van der Waals surface area contributed by atoms with Crippen molar-refractivity contribution in [2.45, 2.75) is 18.2 Å². The number of aromatic nitrogens is 2. The first-order chi connectivity index (χ1) is 14.5. The van der Waals surface area contributed by atoms with Gasteiger partial charge in [-0.3, -0.25) is 14.9 Å². The van der Waals surface area contributed by atoms with Crippen molar-refractivity contribution in [2.75, 3.05) is 29.6 Å². The number of hydrogen-bond donors (Lipinski definition) is 2. The molecule has 0 bridgehead atoms. The lowest BCUT2D eigenvalue weighted by Crippen LogP contribution is -2.17. The predicted octanol–water partition coefficient (Wildman–Crippen LogP) is 3.50. The number of ether oxygens (including phenoxy) is 2. The maximum absolute atomic E-state index is 12.3. The number of aryl methyl sites for hydroxylation is 2. The van der Waals surface area contributed by atoms with Crippen LogP contribution in [0, 0.1) is 13.8 Å². The minimum Gasteiger partial charge on any atom is -0.486 e. The lowest BCUT2D eigenvalue weighted by molar-refractivity contribution is -0.113. The zero-order chi connectivity index (χ0) is 21.1. The van der Waals surface area contributed by atoms with Gasteiger partial charge in [0.25, 0.3) is 5.91 Å². The summed E-state index contributed by atoms with van der Waals surface area (Å²) in [5.41, 5.74) is 1.08. The van der Waals surface area contributed by atoms with Crippen molar-refractivity contribution in [1.29, 1.82) is 0 Å². The molecule has 1 aliphatic rings. The number of fused-ring (bicyclic) bond motifs is 1. The second kappa shape index (κ2) is 8.76. The van der Waals surface area contributed by atoms with Gasteiger partial charge in [-0.15, -0.1) is 10.2 Å². The molecular weight excluding hydrogens is 428 g/mol. The topological polar surface area (TPSA) is 116 Å². The van der Waals surface area contributed by atoms with E-state index in [2.05, 4.69) is 20.8 Å². The molecule has 3 aromatic rings. The molecule has 9 nitrogen and oxygen atoms in total. The molecule has 2 amide bonds. The molecule has 1 aromatic carbocycles. The van der Waals surface area contributed by atoms with Crippen LogP contribution in [0.4, 0.5) is 10.8 Å². The molecule has 0 fully saturated rings. The van der Waals surface area contributed by atoms with Crippen molar-refractivity contribution < 1.29 is 23.5 Å². The Morgan fingerprint density at radius 1 is 1.10 bits per heavy atom. The normalized spacial score (nSPS) is 12.5.